The molecule has 0 amide bonds. The number of rotatable bonds is 4. The van der Waals surface area contributed by atoms with Crippen LogP contribution in [0.2, 0.25) is 0 Å². The first-order valence-corrected chi connectivity index (χ1v) is 16.7. The van der Waals surface area contributed by atoms with Crippen LogP contribution in [0.25, 0.3) is 97.8 Å². The van der Waals surface area contributed by atoms with Crippen LogP contribution in [0.15, 0.2) is 156 Å². The first-order valence-electron chi connectivity index (χ1n) is 15.9. The van der Waals surface area contributed by atoms with E-state index in [0.29, 0.717) is 0 Å². The van der Waals surface area contributed by atoms with Gasteiger partial charge in [-0.05, 0) is 64.4 Å². The quantitative estimate of drug-likeness (QED) is 0.194. The molecule has 5 heteroatoms. The molecule has 0 saturated carbocycles. The number of furan rings is 1. The van der Waals surface area contributed by atoms with E-state index in [0.717, 1.165) is 72.2 Å². The van der Waals surface area contributed by atoms with Gasteiger partial charge in [0.2, 0.25) is 0 Å². The van der Waals surface area contributed by atoms with Gasteiger partial charge >= 0.3 is 0 Å². The molecular formula is C43H25N3OS. The van der Waals surface area contributed by atoms with E-state index in [2.05, 4.69) is 115 Å². The molecular weight excluding hydrogens is 607 g/mol. The Morgan fingerprint density at radius 3 is 1.90 bits per heavy atom. The Kier molecular flexibility index (Phi) is 6.01. The molecule has 0 aliphatic rings. The lowest BCUT2D eigenvalue weighted by atomic mass is 9.99. The molecule has 4 aromatic heterocycles. The highest BCUT2D eigenvalue weighted by molar-refractivity contribution is 7.26. The van der Waals surface area contributed by atoms with Crippen molar-refractivity contribution in [2.75, 3.05) is 0 Å². The van der Waals surface area contributed by atoms with Crippen LogP contribution in [0.5, 0.6) is 0 Å². The Labute approximate surface area is 279 Å². The van der Waals surface area contributed by atoms with Crippen LogP contribution in [0, 0.1) is 0 Å². The van der Waals surface area contributed by atoms with Crippen LogP contribution >= 0.6 is 11.3 Å². The zero-order valence-electron chi connectivity index (χ0n) is 25.6. The van der Waals surface area contributed by atoms with Crippen LogP contribution in [0.3, 0.4) is 0 Å². The number of fused-ring (bicyclic) bond motifs is 7. The molecule has 10 rings (SSSR count). The van der Waals surface area contributed by atoms with Crippen molar-refractivity contribution < 1.29 is 4.42 Å². The van der Waals surface area contributed by atoms with Crippen molar-refractivity contribution in [2.45, 2.75) is 0 Å². The number of nitrogens with zero attached hydrogens (tertiary/aromatic N) is 3. The predicted octanol–water partition coefficient (Wildman–Crippen LogP) is 12.0. The van der Waals surface area contributed by atoms with Gasteiger partial charge in [-0.2, -0.15) is 0 Å². The average Bonchev–Trinajstić information content (AvgIpc) is 3.73. The van der Waals surface area contributed by atoms with Crippen molar-refractivity contribution in [3.63, 3.8) is 0 Å². The fourth-order valence-electron chi connectivity index (χ4n) is 6.82. The molecule has 10 aromatic rings. The van der Waals surface area contributed by atoms with Crippen LogP contribution in [0.1, 0.15) is 0 Å². The Balaban J connectivity index is 0.935. The van der Waals surface area contributed by atoms with Crippen molar-refractivity contribution in [3.8, 4) is 44.9 Å². The molecule has 4 heterocycles. The van der Waals surface area contributed by atoms with Crippen molar-refractivity contribution in [3.05, 3.63) is 152 Å². The topological polar surface area (TPSA) is 51.8 Å². The lowest BCUT2D eigenvalue weighted by Gasteiger charge is -2.08. The van der Waals surface area contributed by atoms with E-state index in [1.54, 1.807) is 11.3 Å². The molecule has 0 fully saturated rings. The molecule has 0 atom stereocenters. The average molecular weight is 632 g/mol. The van der Waals surface area contributed by atoms with Crippen LogP contribution < -0.4 is 0 Å². The third-order valence-electron chi connectivity index (χ3n) is 9.25. The number of hydrogen-bond donors (Lipinski definition) is 0. The van der Waals surface area contributed by atoms with E-state index in [9.17, 15) is 0 Å². The summed E-state index contributed by atoms with van der Waals surface area (Å²) in [6.07, 6.45) is 5.82. The molecule has 0 aliphatic carbocycles. The van der Waals surface area contributed by atoms with Gasteiger partial charge in [0.05, 0.1) is 5.69 Å². The maximum atomic E-state index is 6.25. The van der Waals surface area contributed by atoms with Crippen molar-refractivity contribution in [1.29, 1.82) is 0 Å². The van der Waals surface area contributed by atoms with E-state index in [1.807, 2.05) is 36.8 Å². The minimum absolute atomic E-state index is 0.746. The van der Waals surface area contributed by atoms with Gasteiger partial charge in [0, 0.05) is 71.8 Å². The number of hydrogen-bond acceptors (Lipinski definition) is 5. The second-order valence-corrected chi connectivity index (χ2v) is 13.1. The van der Waals surface area contributed by atoms with Gasteiger partial charge in [-0.15, -0.1) is 11.3 Å². The Morgan fingerprint density at radius 2 is 1.10 bits per heavy atom. The molecule has 0 bridgehead atoms. The van der Waals surface area contributed by atoms with Crippen LogP contribution in [0.4, 0.5) is 0 Å². The van der Waals surface area contributed by atoms with Gasteiger partial charge in [0.15, 0.2) is 5.82 Å². The lowest BCUT2D eigenvalue weighted by Crippen LogP contribution is -1.90. The van der Waals surface area contributed by atoms with Crippen molar-refractivity contribution >= 4 is 64.2 Å². The standard InChI is InChI=1S/C43H25N3OS/c1-3-13-39-32(7-1)34-9-5-11-36(41(34)47-39)38-20-19-30(23-44-38)28-17-15-27-22-29(18-16-26(27)21-28)31-24-45-43(46-25-31)37-12-6-10-35-33-8-2-4-14-40(33)48-42(35)37/h1-25H. The van der Waals surface area contributed by atoms with Gasteiger partial charge in [-0.1, -0.05) is 91.0 Å². The summed E-state index contributed by atoms with van der Waals surface area (Å²) in [5.41, 5.74) is 8.99. The molecule has 4 nitrogen and oxygen atoms in total. The largest absolute Gasteiger partial charge is 0.455 e. The molecule has 0 saturated heterocycles. The summed E-state index contributed by atoms with van der Waals surface area (Å²) >= 11 is 1.80. The monoisotopic (exact) mass is 631 g/mol. The fraction of sp³-hybridized carbons (Fsp3) is 0. The maximum absolute atomic E-state index is 6.25. The Hall–Kier alpha value is -6.17. The van der Waals surface area contributed by atoms with Crippen LogP contribution in [-0.2, 0) is 0 Å². The zero-order valence-corrected chi connectivity index (χ0v) is 26.4. The SMILES string of the molecule is c1ccc2c(c1)oc1c(-c3ccc(-c4ccc5cc(-c6cnc(-c7cccc8c7sc7ccccc78)nc6)ccc5c4)cn3)cccc12. The minimum Gasteiger partial charge on any atom is -0.455 e. The summed E-state index contributed by atoms with van der Waals surface area (Å²) in [6.45, 7) is 0. The Bertz CT molecular complexity index is 2630. The van der Waals surface area contributed by atoms with Crippen LogP contribution in [-0.4, -0.2) is 15.0 Å². The summed E-state index contributed by atoms with van der Waals surface area (Å²) in [7, 11) is 0. The fourth-order valence-corrected chi connectivity index (χ4v) is 8.03. The van der Waals surface area contributed by atoms with Crippen molar-refractivity contribution in [2.24, 2.45) is 0 Å². The number of aromatic nitrogens is 3. The molecule has 224 valence electrons. The molecule has 0 radical (unpaired) electrons. The van der Waals surface area contributed by atoms with Gasteiger partial charge in [-0.3, -0.25) is 4.98 Å². The number of para-hydroxylation sites is 2. The number of thiophene rings is 1. The smallest absolute Gasteiger partial charge is 0.160 e. The molecule has 0 aliphatic heterocycles. The lowest BCUT2D eigenvalue weighted by molar-refractivity contribution is 0.670. The second-order valence-electron chi connectivity index (χ2n) is 12.1. The molecule has 6 aromatic carbocycles. The second kappa shape index (κ2) is 10.7. The molecule has 48 heavy (non-hydrogen) atoms. The first kappa shape index (κ1) is 27.0. The first-order chi connectivity index (χ1) is 23.8. The molecule has 0 unspecified atom stereocenters. The van der Waals surface area contributed by atoms with Gasteiger partial charge in [-0.25, -0.2) is 9.97 Å². The van der Waals surface area contributed by atoms with Gasteiger partial charge < -0.3 is 4.42 Å². The van der Waals surface area contributed by atoms with Crippen molar-refractivity contribution in [1.82, 2.24) is 15.0 Å². The van der Waals surface area contributed by atoms with E-state index in [1.165, 1.54) is 25.6 Å². The van der Waals surface area contributed by atoms with E-state index in [4.69, 9.17) is 19.4 Å². The number of pyridine rings is 1. The summed E-state index contributed by atoms with van der Waals surface area (Å²) in [4.78, 5) is 14.5. The van der Waals surface area contributed by atoms with E-state index >= 15 is 0 Å². The normalized spacial score (nSPS) is 11.8. The summed E-state index contributed by atoms with van der Waals surface area (Å²) in [5.74, 6) is 0.746. The highest BCUT2D eigenvalue weighted by atomic mass is 32.1. The molecule has 0 spiro atoms. The number of benzene rings is 6. The zero-order chi connectivity index (χ0) is 31.6. The van der Waals surface area contributed by atoms with Gasteiger partial charge in [0.1, 0.15) is 11.2 Å². The van der Waals surface area contributed by atoms with Gasteiger partial charge in [0.25, 0.3) is 0 Å². The summed E-state index contributed by atoms with van der Waals surface area (Å²) in [5, 5.41) is 7.09. The predicted molar refractivity (Wildman–Crippen MR) is 199 cm³/mol. The highest BCUT2D eigenvalue weighted by Crippen LogP contribution is 2.39. The molecule has 0 N–H and O–H groups in total. The highest BCUT2D eigenvalue weighted by Gasteiger charge is 2.14. The van der Waals surface area contributed by atoms with E-state index < -0.39 is 0 Å². The maximum Gasteiger partial charge on any atom is 0.160 e. The summed E-state index contributed by atoms with van der Waals surface area (Å²) < 4.78 is 8.75. The minimum atomic E-state index is 0.746. The third kappa shape index (κ3) is 4.33. The third-order valence-corrected chi connectivity index (χ3v) is 10.5. The summed E-state index contributed by atoms with van der Waals surface area (Å²) in [6, 6.07) is 46.6. The van der Waals surface area contributed by atoms with E-state index in [-0.39, 0.29) is 0 Å². The Morgan fingerprint density at radius 1 is 0.458 bits per heavy atom.